The summed E-state index contributed by atoms with van der Waals surface area (Å²) in [5.74, 6) is 3.17. The summed E-state index contributed by atoms with van der Waals surface area (Å²) in [6.07, 6.45) is 3.14. The molecular formula is C28H31NO6S. The summed E-state index contributed by atoms with van der Waals surface area (Å²) in [5.41, 5.74) is 3.51. The van der Waals surface area contributed by atoms with Gasteiger partial charge in [0, 0.05) is 29.7 Å². The van der Waals surface area contributed by atoms with Gasteiger partial charge in [0.25, 0.3) is 0 Å². The first-order valence-corrected chi connectivity index (χ1v) is 12.4. The maximum absolute atomic E-state index is 12.5. The summed E-state index contributed by atoms with van der Waals surface area (Å²) in [5, 5.41) is 13.4. The summed E-state index contributed by atoms with van der Waals surface area (Å²) in [6, 6.07) is 17.3. The number of nitrogens with one attached hydrogen (secondary N) is 1. The van der Waals surface area contributed by atoms with Crippen molar-refractivity contribution in [2.24, 2.45) is 0 Å². The molecule has 7 nitrogen and oxygen atoms in total. The molecular weight excluding hydrogens is 478 g/mol. The van der Waals surface area contributed by atoms with E-state index in [4.69, 9.17) is 18.9 Å². The zero-order valence-corrected chi connectivity index (χ0v) is 21.7. The predicted octanol–water partition coefficient (Wildman–Crippen LogP) is 5.19. The average molecular weight is 510 g/mol. The Kier molecular flexibility index (Phi) is 9.94. The second kappa shape index (κ2) is 13.3. The number of rotatable bonds is 12. The van der Waals surface area contributed by atoms with Gasteiger partial charge in [0.05, 0.1) is 28.4 Å². The molecule has 190 valence electrons. The van der Waals surface area contributed by atoms with Gasteiger partial charge in [-0.3, -0.25) is 4.79 Å². The molecule has 0 saturated carbocycles. The highest BCUT2D eigenvalue weighted by Gasteiger charge is 2.14. The van der Waals surface area contributed by atoms with Crippen LogP contribution in [0.2, 0.25) is 0 Å². The number of hydrogen-bond donors (Lipinski definition) is 2. The number of carbonyl (C=O) groups is 1. The molecule has 0 spiro atoms. The Morgan fingerprint density at radius 1 is 0.861 bits per heavy atom. The van der Waals surface area contributed by atoms with Gasteiger partial charge in [-0.2, -0.15) is 11.8 Å². The highest BCUT2D eigenvalue weighted by Crippen LogP contribution is 2.38. The van der Waals surface area contributed by atoms with Gasteiger partial charge < -0.3 is 29.4 Å². The smallest absolute Gasteiger partial charge is 0.244 e. The molecule has 0 saturated heterocycles. The standard InChI is InChI=1S/C28H31NO6S/c1-32-23-13-20(12-22(27(23)31)18-36-17-19-8-6-5-7-9-19)10-11-26(30)29-16-21-14-24(33-2)28(35-4)25(15-21)34-3/h5-15,31H,16-18H2,1-4H3,(H,29,30)/b11-10+. The van der Waals surface area contributed by atoms with Gasteiger partial charge in [0.1, 0.15) is 0 Å². The first-order chi connectivity index (χ1) is 17.5. The lowest BCUT2D eigenvalue weighted by atomic mass is 10.1. The van der Waals surface area contributed by atoms with Crippen molar-refractivity contribution >= 4 is 23.7 Å². The number of benzene rings is 3. The average Bonchev–Trinajstić information content (AvgIpc) is 2.91. The lowest BCUT2D eigenvalue weighted by Crippen LogP contribution is -2.20. The Labute approximate surface area is 216 Å². The molecule has 0 aliphatic heterocycles. The van der Waals surface area contributed by atoms with Gasteiger partial charge in [-0.05, 0) is 47.0 Å². The van der Waals surface area contributed by atoms with Gasteiger partial charge in [-0.1, -0.05) is 30.3 Å². The van der Waals surface area contributed by atoms with Crippen LogP contribution in [0.25, 0.3) is 6.08 Å². The Morgan fingerprint density at radius 3 is 2.14 bits per heavy atom. The van der Waals surface area contributed by atoms with E-state index in [1.807, 2.05) is 24.3 Å². The number of thioether (sulfide) groups is 1. The second-order valence-electron chi connectivity index (χ2n) is 7.79. The Balaban J connectivity index is 1.66. The SMILES string of the molecule is COc1cc(/C=C/C(=O)NCc2cc(OC)c(OC)c(OC)c2)cc(CSCc2ccccc2)c1O. The minimum Gasteiger partial charge on any atom is -0.504 e. The molecule has 0 unspecified atom stereocenters. The van der Waals surface area contributed by atoms with E-state index in [1.165, 1.54) is 18.7 Å². The molecule has 3 rings (SSSR count). The van der Waals surface area contributed by atoms with Gasteiger partial charge in [-0.25, -0.2) is 0 Å². The van der Waals surface area contributed by atoms with Crippen LogP contribution in [0.5, 0.6) is 28.7 Å². The van der Waals surface area contributed by atoms with Crippen LogP contribution in [0.15, 0.2) is 60.7 Å². The molecule has 2 N–H and O–H groups in total. The molecule has 0 heterocycles. The monoisotopic (exact) mass is 509 g/mol. The quantitative estimate of drug-likeness (QED) is 0.325. The van der Waals surface area contributed by atoms with Crippen LogP contribution in [-0.4, -0.2) is 39.5 Å². The van der Waals surface area contributed by atoms with E-state index in [2.05, 4.69) is 17.4 Å². The van der Waals surface area contributed by atoms with Crippen molar-refractivity contribution in [1.29, 1.82) is 0 Å². The highest BCUT2D eigenvalue weighted by molar-refractivity contribution is 7.97. The number of aromatic hydroxyl groups is 1. The van der Waals surface area contributed by atoms with Gasteiger partial charge in [0.2, 0.25) is 11.7 Å². The summed E-state index contributed by atoms with van der Waals surface area (Å²) in [4.78, 5) is 12.5. The third kappa shape index (κ3) is 7.11. The van der Waals surface area contributed by atoms with E-state index in [0.717, 1.165) is 22.4 Å². The zero-order valence-electron chi connectivity index (χ0n) is 20.9. The van der Waals surface area contributed by atoms with E-state index in [9.17, 15) is 9.90 Å². The largest absolute Gasteiger partial charge is 0.504 e. The zero-order chi connectivity index (χ0) is 25.9. The predicted molar refractivity (Wildman–Crippen MR) is 143 cm³/mol. The number of phenolic OH excluding ortho intramolecular Hbond substituents is 1. The highest BCUT2D eigenvalue weighted by atomic mass is 32.2. The molecule has 0 aromatic heterocycles. The van der Waals surface area contributed by atoms with Crippen molar-refractivity contribution in [3.8, 4) is 28.7 Å². The Hall–Kier alpha value is -3.78. The lowest BCUT2D eigenvalue weighted by Gasteiger charge is -2.14. The van der Waals surface area contributed by atoms with E-state index in [0.29, 0.717) is 28.8 Å². The van der Waals surface area contributed by atoms with Gasteiger partial charge in [-0.15, -0.1) is 0 Å². The summed E-state index contributed by atoms with van der Waals surface area (Å²) < 4.78 is 21.4. The minimum atomic E-state index is -0.268. The number of amides is 1. The molecule has 0 atom stereocenters. The van der Waals surface area contributed by atoms with Crippen molar-refractivity contribution in [1.82, 2.24) is 5.32 Å². The number of ether oxygens (including phenoxy) is 4. The molecule has 0 aliphatic rings. The van der Waals surface area contributed by atoms with Crippen molar-refractivity contribution in [2.45, 2.75) is 18.1 Å². The van der Waals surface area contributed by atoms with Gasteiger partial charge >= 0.3 is 0 Å². The van der Waals surface area contributed by atoms with E-state index in [-0.39, 0.29) is 18.2 Å². The third-order valence-electron chi connectivity index (χ3n) is 5.38. The molecule has 0 radical (unpaired) electrons. The minimum absolute atomic E-state index is 0.113. The normalized spacial score (nSPS) is 10.8. The van der Waals surface area contributed by atoms with Crippen LogP contribution in [-0.2, 0) is 22.8 Å². The van der Waals surface area contributed by atoms with Crippen molar-refractivity contribution in [2.75, 3.05) is 28.4 Å². The van der Waals surface area contributed by atoms with Crippen LogP contribution in [0, 0.1) is 0 Å². The van der Waals surface area contributed by atoms with Crippen molar-refractivity contribution < 1.29 is 28.8 Å². The summed E-state index contributed by atoms with van der Waals surface area (Å²) in [6.45, 7) is 0.278. The van der Waals surface area contributed by atoms with E-state index >= 15 is 0 Å². The lowest BCUT2D eigenvalue weighted by molar-refractivity contribution is -0.116. The van der Waals surface area contributed by atoms with Crippen molar-refractivity contribution in [3.05, 3.63) is 82.9 Å². The van der Waals surface area contributed by atoms with Crippen LogP contribution in [0.4, 0.5) is 0 Å². The maximum atomic E-state index is 12.5. The fraction of sp³-hybridized carbons (Fsp3) is 0.250. The van der Waals surface area contributed by atoms with Gasteiger partial charge in [0.15, 0.2) is 23.0 Å². The Morgan fingerprint density at radius 2 is 1.53 bits per heavy atom. The molecule has 0 fully saturated rings. The maximum Gasteiger partial charge on any atom is 0.244 e. The topological polar surface area (TPSA) is 86.3 Å². The van der Waals surface area contributed by atoms with Crippen LogP contribution in [0.1, 0.15) is 22.3 Å². The third-order valence-corrected chi connectivity index (χ3v) is 6.44. The fourth-order valence-electron chi connectivity index (χ4n) is 3.56. The summed E-state index contributed by atoms with van der Waals surface area (Å²) in [7, 11) is 6.14. The molecule has 0 bridgehead atoms. The van der Waals surface area contributed by atoms with Crippen LogP contribution < -0.4 is 24.3 Å². The summed E-state index contributed by atoms with van der Waals surface area (Å²) >= 11 is 1.69. The van der Waals surface area contributed by atoms with Crippen LogP contribution in [0.3, 0.4) is 0 Å². The van der Waals surface area contributed by atoms with E-state index < -0.39 is 0 Å². The van der Waals surface area contributed by atoms with Crippen molar-refractivity contribution in [3.63, 3.8) is 0 Å². The first kappa shape index (κ1) is 26.8. The molecule has 3 aromatic carbocycles. The molecule has 0 aliphatic carbocycles. The second-order valence-corrected chi connectivity index (χ2v) is 8.78. The van der Waals surface area contributed by atoms with Crippen LogP contribution >= 0.6 is 11.8 Å². The number of hydrogen-bond acceptors (Lipinski definition) is 7. The molecule has 8 heteroatoms. The fourth-order valence-corrected chi connectivity index (χ4v) is 4.53. The Bertz CT molecular complexity index is 1170. The number of methoxy groups -OCH3 is 4. The molecule has 1 amide bonds. The molecule has 36 heavy (non-hydrogen) atoms. The van der Waals surface area contributed by atoms with E-state index in [1.54, 1.807) is 57.4 Å². The first-order valence-electron chi connectivity index (χ1n) is 11.2. The number of phenols is 1. The molecule has 3 aromatic rings. The number of carbonyl (C=O) groups excluding carboxylic acids is 1.